The molecule has 0 unspecified atom stereocenters. The fourth-order valence-corrected chi connectivity index (χ4v) is 8.36. The molecule has 2 heteroatoms. The molecule has 242 valence electrons. The summed E-state index contributed by atoms with van der Waals surface area (Å²) in [4.78, 5) is 2.43. The Morgan fingerprint density at radius 1 is 0.412 bits per heavy atom. The molecular weight excluding hydrogens is 619 g/mol. The van der Waals surface area contributed by atoms with Gasteiger partial charge in [-0.3, -0.25) is 0 Å². The number of fused-ring (bicyclic) bond motifs is 8. The van der Waals surface area contributed by atoms with E-state index in [1.807, 2.05) is 6.07 Å². The van der Waals surface area contributed by atoms with Gasteiger partial charge in [0, 0.05) is 38.5 Å². The van der Waals surface area contributed by atoms with Crippen molar-refractivity contribution >= 4 is 49.8 Å². The molecule has 0 amide bonds. The molecule has 0 atom stereocenters. The minimum atomic E-state index is -0.113. The number of hydrogen-bond donors (Lipinski definition) is 0. The Hall–Kier alpha value is -6.38. The average molecular weight is 654 g/mol. The molecule has 1 heterocycles. The standard InChI is InChI=1S/C49H35NO/c1-49(2)44-20-9-6-15-38(44)39-28-27-35(31-45(39)49)50(34-25-23-33(24-26-34)32-13-4-3-5-14-32)46-21-10-7-16-40(46)36-18-12-19-42-37(36)29-30-43-41-17-8-11-22-47(41)51-48(42)43/h3-31H,1-2H3. The van der Waals surface area contributed by atoms with Gasteiger partial charge < -0.3 is 9.32 Å². The predicted octanol–water partition coefficient (Wildman–Crippen LogP) is 13.8. The fraction of sp³-hybridized carbons (Fsp3) is 0.0612. The molecule has 1 aliphatic rings. The van der Waals surface area contributed by atoms with Crippen LogP contribution < -0.4 is 4.90 Å². The second kappa shape index (κ2) is 11.3. The van der Waals surface area contributed by atoms with E-state index in [-0.39, 0.29) is 5.41 Å². The second-order valence-corrected chi connectivity index (χ2v) is 14.1. The van der Waals surface area contributed by atoms with Crippen LogP contribution in [0.25, 0.3) is 66.1 Å². The maximum Gasteiger partial charge on any atom is 0.143 e. The molecule has 0 bridgehead atoms. The van der Waals surface area contributed by atoms with Crippen LogP contribution in [-0.2, 0) is 5.41 Å². The first-order chi connectivity index (χ1) is 25.1. The van der Waals surface area contributed by atoms with Crippen LogP contribution in [0.15, 0.2) is 180 Å². The molecule has 10 rings (SSSR count). The number of hydrogen-bond acceptors (Lipinski definition) is 2. The first kappa shape index (κ1) is 29.5. The molecule has 0 spiro atoms. The van der Waals surface area contributed by atoms with E-state index in [1.165, 1.54) is 44.3 Å². The van der Waals surface area contributed by atoms with Crippen LogP contribution in [0.5, 0.6) is 0 Å². The minimum Gasteiger partial charge on any atom is -0.455 e. The first-order valence-corrected chi connectivity index (χ1v) is 17.7. The van der Waals surface area contributed by atoms with E-state index >= 15 is 0 Å². The minimum absolute atomic E-state index is 0.113. The van der Waals surface area contributed by atoms with E-state index < -0.39 is 0 Å². The van der Waals surface area contributed by atoms with Crippen molar-refractivity contribution in [3.05, 3.63) is 187 Å². The topological polar surface area (TPSA) is 16.4 Å². The molecule has 0 N–H and O–H groups in total. The summed E-state index contributed by atoms with van der Waals surface area (Å²) in [5, 5.41) is 4.57. The van der Waals surface area contributed by atoms with Gasteiger partial charge in [-0.2, -0.15) is 0 Å². The van der Waals surface area contributed by atoms with Crippen LogP contribution in [0.3, 0.4) is 0 Å². The Balaban J connectivity index is 1.18. The number of rotatable bonds is 5. The third-order valence-electron chi connectivity index (χ3n) is 10.9. The third-order valence-corrected chi connectivity index (χ3v) is 10.9. The predicted molar refractivity (Wildman–Crippen MR) is 214 cm³/mol. The molecule has 0 saturated carbocycles. The number of benzene rings is 8. The number of para-hydroxylation sites is 2. The lowest BCUT2D eigenvalue weighted by Gasteiger charge is -2.30. The smallest absolute Gasteiger partial charge is 0.143 e. The van der Waals surface area contributed by atoms with Gasteiger partial charge in [0.15, 0.2) is 0 Å². The van der Waals surface area contributed by atoms with Crippen LogP contribution in [0.2, 0.25) is 0 Å². The highest BCUT2D eigenvalue weighted by molar-refractivity contribution is 6.17. The summed E-state index contributed by atoms with van der Waals surface area (Å²) in [6.07, 6.45) is 0. The molecule has 51 heavy (non-hydrogen) atoms. The highest BCUT2D eigenvalue weighted by Gasteiger charge is 2.36. The zero-order valence-corrected chi connectivity index (χ0v) is 28.6. The fourth-order valence-electron chi connectivity index (χ4n) is 8.36. The Labute approximate surface area is 297 Å². The van der Waals surface area contributed by atoms with Crippen molar-refractivity contribution in [3.63, 3.8) is 0 Å². The average Bonchev–Trinajstić information content (AvgIpc) is 3.68. The van der Waals surface area contributed by atoms with Crippen LogP contribution >= 0.6 is 0 Å². The zero-order chi connectivity index (χ0) is 34.1. The van der Waals surface area contributed by atoms with Crippen molar-refractivity contribution in [2.24, 2.45) is 0 Å². The van der Waals surface area contributed by atoms with Crippen LogP contribution in [0.4, 0.5) is 17.1 Å². The molecule has 8 aromatic carbocycles. The summed E-state index contributed by atoms with van der Waals surface area (Å²) in [6, 6.07) is 63.7. The quantitative estimate of drug-likeness (QED) is 0.184. The summed E-state index contributed by atoms with van der Waals surface area (Å²) in [6.45, 7) is 4.70. The van der Waals surface area contributed by atoms with Gasteiger partial charge in [0.25, 0.3) is 0 Å². The SMILES string of the molecule is CC1(C)c2ccccc2-c2ccc(N(c3ccc(-c4ccccc4)cc3)c3ccccc3-c3cccc4c3ccc3c5ccccc5oc43)cc21. The van der Waals surface area contributed by atoms with Gasteiger partial charge in [-0.25, -0.2) is 0 Å². The van der Waals surface area contributed by atoms with Gasteiger partial charge in [-0.1, -0.05) is 147 Å². The molecule has 1 aromatic heterocycles. The summed E-state index contributed by atoms with van der Waals surface area (Å²) in [5.74, 6) is 0. The Morgan fingerprint density at radius 3 is 1.88 bits per heavy atom. The van der Waals surface area contributed by atoms with E-state index in [1.54, 1.807) is 0 Å². The number of anilines is 3. The number of furan rings is 1. The van der Waals surface area contributed by atoms with Crippen LogP contribution in [-0.4, -0.2) is 0 Å². The molecule has 0 radical (unpaired) electrons. The van der Waals surface area contributed by atoms with Crippen molar-refractivity contribution in [1.82, 2.24) is 0 Å². The van der Waals surface area contributed by atoms with E-state index in [4.69, 9.17) is 4.42 Å². The maximum atomic E-state index is 6.50. The van der Waals surface area contributed by atoms with Gasteiger partial charge in [0.1, 0.15) is 11.2 Å². The van der Waals surface area contributed by atoms with E-state index in [2.05, 4.69) is 189 Å². The number of nitrogens with zero attached hydrogens (tertiary/aromatic N) is 1. The second-order valence-electron chi connectivity index (χ2n) is 14.1. The summed E-state index contributed by atoms with van der Waals surface area (Å²) >= 11 is 0. The zero-order valence-electron chi connectivity index (χ0n) is 28.6. The van der Waals surface area contributed by atoms with Gasteiger partial charge in [0.2, 0.25) is 0 Å². The molecule has 2 nitrogen and oxygen atoms in total. The molecular formula is C49H35NO. The normalized spacial score (nSPS) is 13.1. The van der Waals surface area contributed by atoms with Crippen LogP contribution in [0, 0.1) is 0 Å². The van der Waals surface area contributed by atoms with Crippen molar-refractivity contribution in [2.75, 3.05) is 4.90 Å². The molecule has 0 fully saturated rings. The largest absolute Gasteiger partial charge is 0.455 e. The van der Waals surface area contributed by atoms with E-state index in [9.17, 15) is 0 Å². The molecule has 9 aromatic rings. The highest BCUT2D eigenvalue weighted by Crippen LogP contribution is 2.51. The van der Waals surface area contributed by atoms with Crippen molar-refractivity contribution in [1.29, 1.82) is 0 Å². The maximum absolute atomic E-state index is 6.50. The van der Waals surface area contributed by atoms with Gasteiger partial charge in [0.05, 0.1) is 5.69 Å². The Kier molecular flexibility index (Phi) is 6.56. The van der Waals surface area contributed by atoms with Gasteiger partial charge in [-0.15, -0.1) is 0 Å². The molecule has 1 aliphatic carbocycles. The first-order valence-electron chi connectivity index (χ1n) is 17.7. The van der Waals surface area contributed by atoms with E-state index in [0.717, 1.165) is 50.0 Å². The summed E-state index contributed by atoms with van der Waals surface area (Å²) in [7, 11) is 0. The lowest BCUT2D eigenvalue weighted by atomic mass is 9.82. The van der Waals surface area contributed by atoms with Gasteiger partial charge in [-0.05, 0) is 86.8 Å². The highest BCUT2D eigenvalue weighted by atomic mass is 16.3. The lowest BCUT2D eigenvalue weighted by molar-refractivity contribution is 0.660. The van der Waals surface area contributed by atoms with Crippen molar-refractivity contribution in [3.8, 4) is 33.4 Å². The summed E-state index contributed by atoms with van der Waals surface area (Å²) in [5.41, 5.74) is 15.2. The monoisotopic (exact) mass is 653 g/mol. The Morgan fingerprint density at radius 2 is 1.02 bits per heavy atom. The Bertz CT molecular complexity index is 2770. The van der Waals surface area contributed by atoms with E-state index in [0.29, 0.717) is 0 Å². The third kappa shape index (κ3) is 4.57. The van der Waals surface area contributed by atoms with Crippen molar-refractivity contribution < 1.29 is 4.42 Å². The lowest BCUT2D eigenvalue weighted by Crippen LogP contribution is -2.16. The van der Waals surface area contributed by atoms with Crippen LogP contribution in [0.1, 0.15) is 25.0 Å². The molecule has 0 saturated heterocycles. The van der Waals surface area contributed by atoms with Gasteiger partial charge >= 0.3 is 0 Å². The molecule has 0 aliphatic heterocycles. The van der Waals surface area contributed by atoms with Crippen molar-refractivity contribution in [2.45, 2.75) is 19.3 Å². The summed E-state index contributed by atoms with van der Waals surface area (Å²) < 4.78 is 6.50.